The van der Waals surface area contributed by atoms with Crippen LogP contribution in [-0.2, 0) is 11.8 Å². The smallest absolute Gasteiger partial charge is 0.321 e. The summed E-state index contributed by atoms with van der Waals surface area (Å²) in [5.41, 5.74) is 0. The summed E-state index contributed by atoms with van der Waals surface area (Å²) < 4.78 is 1.44. The first-order chi connectivity index (χ1) is 9.56. The number of nitrogens with one attached hydrogen (secondary N) is 2. The van der Waals surface area contributed by atoms with Gasteiger partial charge in [0.2, 0.25) is 5.95 Å². The van der Waals surface area contributed by atoms with E-state index in [9.17, 15) is 14.7 Å². The van der Waals surface area contributed by atoms with Crippen molar-refractivity contribution in [3.63, 3.8) is 0 Å². The van der Waals surface area contributed by atoms with Crippen molar-refractivity contribution >= 4 is 17.9 Å². The Morgan fingerprint density at radius 2 is 2.15 bits per heavy atom. The van der Waals surface area contributed by atoms with Crippen LogP contribution in [0.1, 0.15) is 19.3 Å². The van der Waals surface area contributed by atoms with Crippen molar-refractivity contribution in [2.75, 3.05) is 5.32 Å². The van der Waals surface area contributed by atoms with E-state index >= 15 is 0 Å². The summed E-state index contributed by atoms with van der Waals surface area (Å²) in [6.45, 7) is 0. The molecule has 4 atom stereocenters. The SMILES string of the molecule is Cn1ncnc1NC(=O)NC1C2CCC(C2)C1C(=O)O. The van der Waals surface area contributed by atoms with Gasteiger partial charge in [-0.3, -0.25) is 10.1 Å². The van der Waals surface area contributed by atoms with Gasteiger partial charge in [-0.15, -0.1) is 0 Å². The lowest BCUT2D eigenvalue weighted by Gasteiger charge is -2.28. The molecule has 20 heavy (non-hydrogen) atoms. The zero-order valence-electron chi connectivity index (χ0n) is 11.1. The lowest BCUT2D eigenvalue weighted by Crippen LogP contribution is -2.48. The number of rotatable bonds is 3. The Labute approximate surface area is 115 Å². The molecule has 4 unspecified atom stereocenters. The van der Waals surface area contributed by atoms with Crippen molar-refractivity contribution in [2.24, 2.45) is 24.8 Å². The number of fused-ring (bicyclic) bond motifs is 2. The van der Waals surface area contributed by atoms with Crippen LogP contribution in [0.5, 0.6) is 0 Å². The van der Waals surface area contributed by atoms with Gasteiger partial charge in [-0.05, 0) is 31.1 Å². The first-order valence-corrected chi connectivity index (χ1v) is 6.70. The number of hydrogen-bond donors (Lipinski definition) is 3. The van der Waals surface area contributed by atoms with Crippen LogP contribution in [0.15, 0.2) is 6.33 Å². The maximum Gasteiger partial charge on any atom is 0.321 e. The molecule has 8 heteroatoms. The molecule has 3 N–H and O–H groups in total. The second kappa shape index (κ2) is 4.77. The molecular formula is C12H17N5O3. The molecule has 2 bridgehead atoms. The summed E-state index contributed by atoms with van der Waals surface area (Å²) >= 11 is 0. The van der Waals surface area contributed by atoms with E-state index < -0.39 is 17.9 Å². The first kappa shape index (κ1) is 12.9. The molecule has 0 radical (unpaired) electrons. The van der Waals surface area contributed by atoms with Gasteiger partial charge in [0.15, 0.2) is 0 Å². The number of urea groups is 1. The number of nitrogens with zero attached hydrogens (tertiary/aromatic N) is 3. The Balaban J connectivity index is 1.66. The van der Waals surface area contributed by atoms with E-state index in [-0.39, 0.29) is 17.9 Å². The third-order valence-electron chi connectivity index (χ3n) is 4.44. The largest absolute Gasteiger partial charge is 0.481 e. The number of carbonyl (C=O) groups excluding carboxylic acids is 1. The van der Waals surface area contributed by atoms with Gasteiger partial charge in [0.25, 0.3) is 0 Å². The van der Waals surface area contributed by atoms with Gasteiger partial charge in [0.1, 0.15) is 6.33 Å². The van der Waals surface area contributed by atoms with E-state index in [2.05, 4.69) is 20.7 Å². The monoisotopic (exact) mass is 279 g/mol. The molecule has 0 aromatic carbocycles. The van der Waals surface area contributed by atoms with Crippen molar-refractivity contribution in [3.05, 3.63) is 6.33 Å². The highest BCUT2D eigenvalue weighted by atomic mass is 16.4. The fourth-order valence-corrected chi connectivity index (χ4v) is 3.55. The van der Waals surface area contributed by atoms with Gasteiger partial charge < -0.3 is 10.4 Å². The third-order valence-corrected chi connectivity index (χ3v) is 4.44. The Hall–Kier alpha value is -2.12. The zero-order valence-corrected chi connectivity index (χ0v) is 11.1. The van der Waals surface area contributed by atoms with Crippen LogP contribution < -0.4 is 10.6 Å². The van der Waals surface area contributed by atoms with Crippen molar-refractivity contribution < 1.29 is 14.7 Å². The summed E-state index contributed by atoms with van der Waals surface area (Å²) in [6.07, 6.45) is 4.17. The van der Waals surface area contributed by atoms with Gasteiger partial charge in [-0.25, -0.2) is 9.48 Å². The van der Waals surface area contributed by atoms with Gasteiger partial charge >= 0.3 is 12.0 Å². The summed E-state index contributed by atoms with van der Waals surface area (Å²) in [6, 6.07) is -0.718. The molecule has 1 heterocycles. The molecule has 2 saturated carbocycles. The fourth-order valence-electron chi connectivity index (χ4n) is 3.55. The van der Waals surface area contributed by atoms with Gasteiger partial charge in [-0.2, -0.15) is 10.1 Å². The number of aromatic nitrogens is 3. The van der Waals surface area contributed by atoms with Crippen LogP contribution in [0.3, 0.4) is 0 Å². The Bertz CT molecular complexity index is 543. The predicted molar refractivity (Wildman–Crippen MR) is 68.9 cm³/mol. The molecule has 108 valence electrons. The number of anilines is 1. The van der Waals surface area contributed by atoms with Crippen LogP contribution in [0.25, 0.3) is 0 Å². The van der Waals surface area contributed by atoms with E-state index in [1.807, 2.05) is 0 Å². The number of carbonyl (C=O) groups is 2. The molecular weight excluding hydrogens is 262 g/mol. The molecule has 3 rings (SSSR count). The average Bonchev–Trinajstić information content (AvgIpc) is 3.06. The Morgan fingerprint density at radius 3 is 2.80 bits per heavy atom. The molecule has 0 spiro atoms. The maximum absolute atomic E-state index is 12.0. The molecule has 2 amide bonds. The van der Waals surface area contributed by atoms with Gasteiger partial charge in [-0.1, -0.05) is 0 Å². The van der Waals surface area contributed by atoms with E-state index in [1.54, 1.807) is 7.05 Å². The van der Waals surface area contributed by atoms with Crippen molar-refractivity contribution in [1.29, 1.82) is 0 Å². The third kappa shape index (κ3) is 2.10. The van der Waals surface area contributed by atoms with Crippen LogP contribution >= 0.6 is 0 Å². The summed E-state index contributed by atoms with van der Waals surface area (Å²) in [4.78, 5) is 27.2. The Morgan fingerprint density at radius 1 is 1.40 bits per heavy atom. The van der Waals surface area contributed by atoms with Gasteiger partial charge in [0, 0.05) is 13.1 Å². The second-order valence-electron chi connectivity index (χ2n) is 5.53. The molecule has 2 aliphatic carbocycles. The van der Waals surface area contributed by atoms with E-state index in [1.165, 1.54) is 11.0 Å². The quantitative estimate of drug-likeness (QED) is 0.743. The highest BCUT2D eigenvalue weighted by molar-refractivity contribution is 5.88. The number of amides is 2. The minimum Gasteiger partial charge on any atom is -0.481 e. The minimum atomic E-state index is -0.818. The highest BCUT2D eigenvalue weighted by Crippen LogP contribution is 2.48. The predicted octanol–water partition coefficient (Wildman–Crippen LogP) is 0.436. The molecule has 8 nitrogen and oxygen atoms in total. The Kier molecular flexibility index (Phi) is 3.07. The summed E-state index contributed by atoms with van der Waals surface area (Å²) in [7, 11) is 1.67. The number of carboxylic acid groups (broad SMARTS) is 1. The fraction of sp³-hybridized carbons (Fsp3) is 0.667. The van der Waals surface area contributed by atoms with Crippen molar-refractivity contribution in [1.82, 2.24) is 20.1 Å². The molecule has 0 saturated heterocycles. The number of hydrogen-bond acceptors (Lipinski definition) is 4. The van der Waals surface area contributed by atoms with E-state index in [0.717, 1.165) is 19.3 Å². The molecule has 0 aliphatic heterocycles. The summed E-state index contributed by atoms with van der Waals surface area (Å²) in [5, 5.41) is 18.6. The molecule has 1 aromatic heterocycles. The molecule has 1 aromatic rings. The first-order valence-electron chi connectivity index (χ1n) is 6.70. The van der Waals surface area contributed by atoms with E-state index in [4.69, 9.17) is 0 Å². The average molecular weight is 279 g/mol. The number of carboxylic acids is 1. The van der Waals surface area contributed by atoms with Gasteiger partial charge in [0.05, 0.1) is 5.92 Å². The van der Waals surface area contributed by atoms with Crippen LogP contribution in [0.2, 0.25) is 0 Å². The van der Waals surface area contributed by atoms with Crippen molar-refractivity contribution in [3.8, 4) is 0 Å². The van der Waals surface area contributed by atoms with Crippen molar-refractivity contribution in [2.45, 2.75) is 25.3 Å². The second-order valence-corrected chi connectivity index (χ2v) is 5.53. The minimum absolute atomic E-state index is 0.192. The van der Waals surface area contributed by atoms with Crippen LogP contribution in [-0.4, -0.2) is 37.9 Å². The number of aliphatic carboxylic acids is 1. The topological polar surface area (TPSA) is 109 Å². The van der Waals surface area contributed by atoms with Crippen LogP contribution in [0, 0.1) is 17.8 Å². The standard InChI is InChI=1S/C12H17N5O3/c1-17-11(13-5-14-17)16-12(20)15-9-7-3-2-6(4-7)8(9)10(18)19/h5-9H,2-4H2,1H3,(H,18,19)(H2,13,14,15,16,20). The normalized spacial score (nSPS) is 31.2. The lowest BCUT2D eigenvalue weighted by molar-refractivity contribution is -0.144. The maximum atomic E-state index is 12.0. The molecule has 2 aliphatic rings. The van der Waals surface area contributed by atoms with Crippen LogP contribution in [0.4, 0.5) is 10.7 Å². The zero-order chi connectivity index (χ0) is 14.3. The summed E-state index contributed by atoms with van der Waals surface area (Å²) in [5.74, 6) is -0.498. The molecule has 2 fully saturated rings. The lowest BCUT2D eigenvalue weighted by atomic mass is 9.84. The number of aryl methyl sites for hydroxylation is 1. The highest BCUT2D eigenvalue weighted by Gasteiger charge is 2.51. The van der Waals surface area contributed by atoms with E-state index in [0.29, 0.717) is 5.95 Å².